The monoisotopic (exact) mass is 390 g/mol. The minimum Gasteiger partial charge on any atom is -0.497 e. The molecule has 1 aliphatic rings. The van der Waals surface area contributed by atoms with E-state index in [2.05, 4.69) is 10.2 Å². The van der Waals surface area contributed by atoms with Crippen LogP contribution in [-0.4, -0.2) is 47.3 Å². The van der Waals surface area contributed by atoms with Crippen molar-refractivity contribution in [1.29, 1.82) is 0 Å². The number of thiocarbonyl (C=S) groups is 1. The molecule has 0 aliphatic heterocycles. The molecule has 1 saturated carbocycles. The molecule has 2 N–H and O–H groups in total. The van der Waals surface area contributed by atoms with Crippen molar-refractivity contribution >= 4 is 29.3 Å². The van der Waals surface area contributed by atoms with E-state index < -0.39 is 0 Å². The van der Waals surface area contributed by atoms with Crippen LogP contribution in [-0.2, 0) is 4.79 Å². The lowest BCUT2D eigenvalue weighted by molar-refractivity contribution is -0.115. The zero-order valence-corrected chi connectivity index (χ0v) is 16.8. The van der Waals surface area contributed by atoms with Crippen LogP contribution in [0.3, 0.4) is 0 Å². The molecule has 0 atom stereocenters. The Balaban J connectivity index is 1.92. The molecule has 0 radical (unpaired) electrons. The maximum atomic E-state index is 12.3. The summed E-state index contributed by atoms with van der Waals surface area (Å²) in [6.45, 7) is 0.953. The average Bonchev–Trinajstić information content (AvgIpc) is 2.70. The number of nitrogens with one attached hydrogen (secondary N) is 1. The lowest BCUT2D eigenvalue weighted by atomic mass is 9.94. The molecule has 0 unspecified atom stereocenters. The first-order valence-corrected chi connectivity index (χ1v) is 10.1. The van der Waals surface area contributed by atoms with E-state index in [0.717, 1.165) is 43.5 Å². The molecular formula is C21H30N2O3S. The average molecular weight is 391 g/mol. The van der Waals surface area contributed by atoms with Crippen LogP contribution in [0.4, 0.5) is 0 Å². The Labute approximate surface area is 167 Å². The number of aliphatic hydroxyl groups is 1. The van der Waals surface area contributed by atoms with Crippen LogP contribution in [0.15, 0.2) is 30.3 Å². The predicted molar refractivity (Wildman–Crippen MR) is 113 cm³/mol. The molecule has 0 spiro atoms. The maximum Gasteiger partial charge on any atom is 0.250 e. The standard InChI is InChI=1S/C21H30N2O3S/c1-26-19-12-9-17(10-13-19)11-14-20(25)22-21(27)23(15-5-6-16-24)18-7-3-2-4-8-18/h9-14,18,24H,2-8,15-16H2,1H3,(H,22,25,27)/b14-11+. The molecule has 1 fully saturated rings. The van der Waals surface area contributed by atoms with E-state index in [-0.39, 0.29) is 12.5 Å². The molecule has 5 nitrogen and oxygen atoms in total. The van der Waals surface area contributed by atoms with Gasteiger partial charge in [-0.05, 0) is 61.7 Å². The summed E-state index contributed by atoms with van der Waals surface area (Å²) in [7, 11) is 1.62. The third kappa shape index (κ3) is 7.31. The van der Waals surface area contributed by atoms with Gasteiger partial charge in [-0.25, -0.2) is 0 Å². The van der Waals surface area contributed by atoms with E-state index >= 15 is 0 Å². The highest BCUT2D eigenvalue weighted by atomic mass is 32.1. The van der Waals surface area contributed by atoms with Gasteiger partial charge in [-0.3, -0.25) is 10.1 Å². The van der Waals surface area contributed by atoms with E-state index in [1.807, 2.05) is 24.3 Å². The molecule has 148 valence electrons. The molecule has 0 bridgehead atoms. The van der Waals surface area contributed by atoms with Crippen molar-refractivity contribution in [3.8, 4) is 5.75 Å². The molecular weight excluding hydrogens is 360 g/mol. The second kappa shape index (κ2) is 11.7. The summed E-state index contributed by atoms with van der Waals surface area (Å²) in [5.41, 5.74) is 0.920. The van der Waals surface area contributed by atoms with Gasteiger partial charge in [0.25, 0.3) is 0 Å². The maximum absolute atomic E-state index is 12.3. The lowest BCUT2D eigenvalue weighted by Gasteiger charge is -2.36. The van der Waals surface area contributed by atoms with Crippen molar-refractivity contribution in [3.63, 3.8) is 0 Å². The first-order chi connectivity index (χ1) is 13.1. The summed E-state index contributed by atoms with van der Waals surface area (Å²) in [5.74, 6) is 0.558. The Morgan fingerprint density at radius 3 is 2.59 bits per heavy atom. The molecule has 0 heterocycles. The van der Waals surface area contributed by atoms with E-state index in [9.17, 15) is 4.79 Å². The smallest absolute Gasteiger partial charge is 0.250 e. The van der Waals surface area contributed by atoms with Gasteiger partial charge in [0, 0.05) is 25.3 Å². The highest BCUT2D eigenvalue weighted by Crippen LogP contribution is 2.23. The van der Waals surface area contributed by atoms with Gasteiger partial charge < -0.3 is 14.7 Å². The van der Waals surface area contributed by atoms with Crippen molar-refractivity contribution in [2.45, 2.75) is 51.0 Å². The van der Waals surface area contributed by atoms with Gasteiger partial charge >= 0.3 is 0 Å². The molecule has 1 aliphatic carbocycles. The summed E-state index contributed by atoms with van der Waals surface area (Å²) in [5, 5.41) is 12.4. The number of unbranched alkanes of at least 4 members (excludes halogenated alkanes) is 1. The van der Waals surface area contributed by atoms with Crippen molar-refractivity contribution in [2.75, 3.05) is 20.3 Å². The number of carbonyl (C=O) groups is 1. The van der Waals surface area contributed by atoms with Crippen LogP contribution in [0.25, 0.3) is 6.08 Å². The Morgan fingerprint density at radius 2 is 1.96 bits per heavy atom. The fraction of sp³-hybridized carbons (Fsp3) is 0.524. The third-order valence-corrected chi connectivity index (χ3v) is 5.19. The van der Waals surface area contributed by atoms with Crippen molar-refractivity contribution in [2.24, 2.45) is 0 Å². The number of ether oxygens (including phenoxy) is 1. The second-order valence-corrected chi connectivity index (χ2v) is 7.20. The number of nitrogens with zero attached hydrogens (tertiary/aromatic N) is 1. The van der Waals surface area contributed by atoms with Crippen molar-refractivity contribution < 1.29 is 14.6 Å². The highest BCUT2D eigenvalue weighted by Gasteiger charge is 2.23. The summed E-state index contributed by atoms with van der Waals surface area (Å²) < 4.78 is 5.13. The van der Waals surface area contributed by atoms with Crippen LogP contribution in [0.1, 0.15) is 50.5 Å². The summed E-state index contributed by atoms with van der Waals surface area (Å²) >= 11 is 5.53. The fourth-order valence-corrected chi connectivity index (χ4v) is 3.68. The van der Waals surface area contributed by atoms with Gasteiger partial charge in [0.05, 0.1) is 7.11 Å². The minimum absolute atomic E-state index is 0.183. The zero-order chi connectivity index (χ0) is 19.5. The Kier molecular flexibility index (Phi) is 9.28. The number of rotatable bonds is 8. The third-order valence-electron chi connectivity index (χ3n) is 4.86. The normalized spacial score (nSPS) is 14.9. The number of amides is 1. The zero-order valence-electron chi connectivity index (χ0n) is 16.0. The molecule has 1 aromatic carbocycles. The first kappa shape index (κ1) is 21.4. The largest absolute Gasteiger partial charge is 0.497 e. The number of aliphatic hydroxyl groups excluding tert-OH is 1. The minimum atomic E-state index is -0.223. The predicted octanol–water partition coefficient (Wildman–Crippen LogP) is 3.52. The summed E-state index contributed by atoms with van der Waals surface area (Å²) in [6, 6.07) is 7.88. The lowest BCUT2D eigenvalue weighted by Crippen LogP contribution is -2.48. The quantitative estimate of drug-likeness (QED) is 0.404. The van der Waals surface area contributed by atoms with Gasteiger partial charge in [0.1, 0.15) is 5.75 Å². The SMILES string of the molecule is COc1ccc(/C=C/C(=O)NC(=S)N(CCCCO)C2CCCCC2)cc1. The van der Waals surface area contributed by atoms with Gasteiger partial charge in [-0.2, -0.15) is 0 Å². The van der Waals surface area contributed by atoms with Gasteiger partial charge in [0.2, 0.25) is 5.91 Å². The summed E-state index contributed by atoms with van der Waals surface area (Å²) in [6.07, 6.45) is 10.8. The Hall–Kier alpha value is -1.92. The van der Waals surface area contributed by atoms with Crippen molar-refractivity contribution in [3.05, 3.63) is 35.9 Å². The highest BCUT2D eigenvalue weighted by molar-refractivity contribution is 7.80. The topological polar surface area (TPSA) is 61.8 Å². The number of hydrogen-bond donors (Lipinski definition) is 2. The molecule has 6 heteroatoms. The van der Waals surface area contributed by atoms with Gasteiger partial charge in [0.15, 0.2) is 5.11 Å². The van der Waals surface area contributed by atoms with Gasteiger partial charge in [-0.1, -0.05) is 31.4 Å². The van der Waals surface area contributed by atoms with E-state index in [1.54, 1.807) is 13.2 Å². The Morgan fingerprint density at radius 1 is 1.26 bits per heavy atom. The number of carbonyl (C=O) groups excluding carboxylic acids is 1. The van der Waals surface area contributed by atoms with E-state index in [4.69, 9.17) is 22.1 Å². The number of methoxy groups -OCH3 is 1. The molecule has 1 amide bonds. The molecule has 0 saturated heterocycles. The van der Waals surface area contributed by atoms with Crippen LogP contribution < -0.4 is 10.1 Å². The van der Waals surface area contributed by atoms with E-state index in [1.165, 1.54) is 25.3 Å². The molecule has 27 heavy (non-hydrogen) atoms. The molecule has 2 rings (SSSR count). The fourth-order valence-electron chi connectivity index (χ4n) is 3.34. The van der Waals surface area contributed by atoms with E-state index in [0.29, 0.717) is 11.2 Å². The van der Waals surface area contributed by atoms with Crippen molar-refractivity contribution in [1.82, 2.24) is 10.2 Å². The van der Waals surface area contributed by atoms with Crippen LogP contribution in [0.2, 0.25) is 0 Å². The van der Waals surface area contributed by atoms with Crippen LogP contribution in [0, 0.1) is 0 Å². The van der Waals surface area contributed by atoms with Crippen LogP contribution in [0.5, 0.6) is 5.75 Å². The Bertz CT molecular complexity index is 625. The second-order valence-electron chi connectivity index (χ2n) is 6.82. The number of hydrogen-bond acceptors (Lipinski definition) is 4. The summed E-state index contributed by atoms with van der Waals surface area (Å²) in [4.78, 5) is 14.4. The van der Waals surface area contributed by atoms with Crippen LogP contribution >= 0.6 is 12.2 Å². The number of benzene rings is 1. The molecule has 0 aromatic heterocycles. The first-order valence-electron chi connectivity index (χ1n) is 9.68. The van der Waals surface area contributed by atoms with Gasteiger partial charge in [-0.15, -0.1) is 0 Å². The molecule has 1 aromatic rings.